The molecule has 0 rings (SSSR count). The molecule has 7 heteroatoms. The van der Waals surface area contributed by atoms with Gasteiger partial charge in [0, 0.05) is 12.8 Å². The molecule has 0 fully saturated rings. The van der Waals surface area contributed by atoms with Crippen LogP contribution in [0.5, 0.6) is 0 Å². The van der Waals surface area contributed by atoms with Crippen LogP contribution in [0.15, 0.2) is 0 Å². The minimum Gasteiger partial charge on any atom is -0.409 e. The first kappa shape index (κ1) is 22.7. The molecule has 3 nitrogen and oxygen atoms in total. The largest absolute Gasteiger partial charge is 0.409 e. The lowest BCUT2D eigenvalue weighted by Crippen LogP contribution is -2.48. The van der Waals surface area contributed by atoms with E-state index in [1.807, 2.05) is 26.9 Å². The van der Waals surface area contributed by atoms with Crippen LogP contribution in [-0.2, 0) is 9.22 Å². The molecule has 0 amide bonds. The van der Waals surface area contributed by atoms with Crippen molar-refractivity contribution in [2.24, 2.45) is 5.92 Å². The van der Waals surface area contributed by atoms with Crippen molar-refractivity contribution >= 4 is 48.9 Å². The van der Waals surface area contributed by atoms with E-state index in [-0.39, 0.29) is 29.6 Å². The Bertz CT molecular complexity index is 373. The Kier molecular flexibility index (Phi) is 8.42. The number of alkyl halides is 3. The van der Waals surface area contributed by atoms with Gasteiger partial charge in [0.25, 0.3) is 0 Å². The van der Waals surface area contributed by atoms with Gasteiger partial charge in [0.1, 0.15) is 5.78 Å². The maximum Gasteiger partial charge on any atom is 0.215 e. The van der Waals surface area contributed by atoms with Crippen molar-refractivity contribution < 1.29 is 14.3 Å². The number of aliphatic hydroxyl groups excluding tert-OH is 1. The van der Waals surface area contributed by atoms with Gasteiger partial charge in [-0.3, -0.25) is 4.79 Å². The highest BCUT2D eigenvalue weighted by Crippen LogP contribution is 2.42. The van der Waals surface area contributed by atoms with E-state index >= 15 is 0 Å². The fourth-order valence-electron chi connectivity index (χ4n) is 1.52. The summed E-state index contributed by atoms with van der Waals surface area (Å²) >= 11 is 18.0. The van der Waals surface area contributed by atoms with Crippen LogP contribution in [0.3, 0.4) is 0 Å². The van der Waals surface area contributed by atoms with E-state index in [4.69, 9.17) is 39.2 Å². The molecule has 0 saturated heterocycles. The first-order valence-electron chi connectivity index (χ1n) is 7.52. The molecule has 0 saturated carbocycles. The predicted molar refractivity (Wildman–Crippen MR) is 97.4 cm³/mol. The van der Waals surface area contributed by atoms with Crippen LogP contribution >= 0.6 is 34.8 Å². The molecule has 0 bridgehead atoms. The molecule has 0 aromatic rings. The number of carbonyl (C=O) groups is 1. The zero-order valence-electron chi connectivity index (χ0n) is 14.5. The van der Waals surface area contributed by atoms with Gasteiger partial charge in [-0.25, -0.2) is 0 Å². The molecule has 0 aliphatic rings. The van der Waals surface area contributed by atoms with E-state index in [0.717, 1.165) is 0 Å². The van der Waals surface area contributed by atoms with Gasteiger partial charge in [0.15, 0.2) is 8.32 Å². The summed E-state index contributed by atoms with van der Waals surface area (Å²) in [7, 11) is -2.17. The van der Waals surface area contributed by atoms with Crippen molar-refractivity contribution in [2.45, 2.75) is 81.6 Å². The number of aliphatic hydroxyl groups is 1. The number of Topliss-reactive ketones (excluding diaryl/α,β-unsaturated/α-hetero) is 1. The molecule has 22 heavy (non-hydrogen) atoms. The third-order valence-electron chi connectivity index (χ3n) is 4.23. The Hall–Kier alpha value is 0.677. The van der Waals surface area contributed by atoms with Crippen molar-refractivity contribution in [3.8, 4) is 0 Å². The molecule has 2 atom stereocenters. The van der Waals surface area contributed by atoms with Gasteiger partial charge in [-0.05, 0) is 24.1 Å². The second-order valence-corrected chi connectivity index (χ2v) is 14.8. The molecular formula is C15H29Cl3O3Si. The minimum atomic E-state index is -2.17. The zero-order valence-corrected chi connectivity index (χ0v) is 17.8. The SMILES string of the molecule is CC(C)[C@H](O)CC(=O)C[C@H](O[Si](C)(C)C(C)(C)C)C(Cl)(Cl)Cl. The van der Waals surface area contributed by atoms with E-state index in [0.29, 0.717) is 0 Å². The van der Waals surface area contributed by atoms with Gasteiger partial charge in [-0.15, -0.1) is 0 Å². The molecule has 0 aromatic heterocycles. The third-order valence-corrected chi connectivity index (χ3v) is 9.44. The molecule has 0 heterocycles. The summed E-state index contributed by atoms with van der Waals surface area (Å²) in [4.78, 5) is 12.2. The number of carbonyl (C=O) groups excluding carboxylic acids is 1. The van der Waals surface area contributed by atoms with Crippen molar-refractivity contribution in [1.82, 2.24) is 0 Å². The summed E-state index contributed by atoms with van der Waals surface area (Å²) in [6.45, 7) is 14.1. The van der Waals surface area contributed by atoms with Crippen molar-refractivity contribution in [2.75, 3.05) is 0 Å². The molecule has 0 radical (unpaired) electrons. The number of hydrogen-bond acceptors (Lipinski definition) is 3. The predicted octanol–water partition coefficient (Wildman–Crippen LogP) is 5.11. The van der Waals surface area contributed by atoms with Gasteiger partial charge < -0.3 is 9.53 Å². The molecule has 1 N–H and O–H groups in total. The first-order valence-corrected chi connectivity index (χ1v) is 11.6. The number of hydrogen-bond donors (Lipinski definition) is 1. The molecular weight excluding hydrogens is 363 g/mol. The van der Waals surface area contributed by atoms with Crippen LogP contribution in [0.1, 0.15) is 47.5 Å². The molecule has 132 valence electrons. The molecule has 0 aliphatic heterocycles. The zero-order chi connectivity index (χ0) is 17.9. The van der Waals surface area contributed by atoms with E-state index in [2.05, 4.69) is 20.8 Å². The molecule has 0 aromatic carbocycles. The van der Waals surface area contributed by atoms with Crippen LogP contribution in [0.25, 0.3) is 0 Å². The lowest BCUT2D eigenvalue weighted by molar-refractivity contribution is -0.123. The summed E-state index contributed by atoms with van der Waals surface area (Å²) in [5.41, 5.74) is 0. The Morgan fingerprint density at radius 1 is 1.14 bits per heavy atom. The monoisotopic (exact) mass is 390 g/mol. The minimum absolute atomic E-state index is 0.00715. The number of ketones is 1. The van der Waals surface area contributed by atoms with Crippen molar-refractivity contribution in [1.29, 1.82) is 0 Å². The molecule has 0 spiro atoms. The first-order chi connectivity index (χ1) is 9.58. The average Bonchev–Trinajstić information content (AvgIpc) is 2.24. The van der Waals surface area contributed by atoms with Crippen LogP contribution < -0.4 is 0 Å². The van der Waals surface area contributed by atoms with Gasteiger partial charge in [-0.1, -0.05) is 69.4 Å². The van der Waals surface area contributed by atoms with Gasteiger partial charge in [-0.2, -0.15) is 0 Å². The summed E-state index contributed by atoms with van der Waals surface area (Å²) in [5, 5.41) is 9.77. The number of halogens is 3. The van der Waals surface area contributed by atoms with E-state index in [9.17, 15) is 9.90 Å². The van der Waals surface area contributed by atoms with Crippen LogP contribution in [0.4, 0.5) is 0 Å². The van der Waals surface area contributed by atoms with Gasteiger partial charge in [0.2, 0.25) is 3.79 Å². The highest BCUT2D eigenvalue weighted by atomic mass is 35.6. The lowest BCUT2D eigenvalue weighted by atomic mass is 9.99. The molecule has 0 unspecified atom stereocenters. The normalized spacial score (nSPS) is 16.7. The summed E-state index contributed by atoms with van der Waals surface area (Å²) in [6, 6.07) is 0. The standard InChI is InChI=1S/C15H29Cl3O3Si/c1-10(2)12(20)8-11(19)9-13(15(16,17)18)21-22(6,7)14(3,4)5/h10,12-13,20H,8-9H2,1-7H3/t12-,13+/m1/s1. The third kappa shape index (κ3) is 7.50. The fourth-order valence-corrected chi connectivity index (χ4v) is 3.43. The van der Waals surface area contributed by atoms with E-state index < -0.39 is 24.3 Å². The average molecular weight is 392 g/mol. The van der Waals surface area contributed by atoms with Crippen LogP contribution in [-0.4, -0.2) is 35.2 Å². The van der Waals surface area contributed by atoms with Crippen LogP contribution in [0, 0.1) is 5.92 Å². The highest BCUT2D eigenvalue weighted by Gasteiger charge is 2.45. The topological polar surface area (TPSA) is 46.5 Å². The highest BCUT2D eigenvalue weighted by molar-refractivity contribution is 6.74. The van der Waals surface area contributed by atoms with Crippen LogP contribution in [0.2, 0.25) is 18.1 Å². The summed E-state index contributed by atoms with van der Waals surface area (Å²) in [6.07, 6.45) is -1.44. The Balaban J connectivity index is 5.00. The maximum atomic E-state index is 12.2. The van der Waals surface area contributed by atoms with Gasteiger partial charge >= 0.3 is 0 Å². The lowest BCUT2D eigenvalue weighted by Gasteiger charge is -2.41. The Morgan fingerprint density at radius 3 is 1.91 bits per heavy atom. The quantitative estimate of drug-likeness (QED) is 0.484. The maximum absolute atomic E-state index is 12.2. The second-order valence-electron chi connectivity index (χ2n) is 7.67. The smallest absolute Gasteiger partial charge is 0.215 e. The second kappa shape index (κ2) is 8.17. The van der Waals surface area contributed by atoms with E-state index in [1.54, 1.807) is 0 Å². The fraction of sp³-hybridized carbons (Fsp3) is 0.933. The Morgan fingerprint density at radius 2 is 1.59 bits per heavy atom. The van der Waals surface area contributed by atoms with Crippen molar-refractivity contribution in [3.63, 3.8) is 0 Å². The van der Waals surface area contributed by atoms with E-state index in [1.165, 1.54) is 0 Å². The summed E-state index contributed by atoms with van der Waals surface area (Å²) in [5.74, 6) is -0.146. The summed E-state index contributed by atoms with van der Waals surface area (Å²) < 4.78 is 4.45. The van der Waals surface area contributed by atoms with Gasteiger partial charge in [0.05, 0.1) is 12.2 Å². The number of rotatable bonds is 7. The molecule has 0 aliphatic carbocycles. The van der Waals surface area contributed by atoms with Crippen molar-refractivity contribution in [3.05, 3.63) is 0 Å². The Labute approximate surface area is 150 Å².